The Kier molecular flexibility index (Phi) is 10.4. The van der Waals surface area contributed by atoms with Crippen LogP contribution in [-0.4, -0.2) is 49.0 Å². The molecule has 44 heavy (non-hydrogen) atoms. The van der Waals surface area contributed by atoms with Crippen LogP contribution in [0.15, 0.2) is 42.6 Å². The molecule has 0 unspecified atom stereocenters. The lowest BCUT2D eigenvalue weighted by molar-refractivity contribution is -0.146. The topological polar surface area (TPSA) is 58.4 Å². The molecule has 0 atom stereocenters. The van der Waals surface area contributed by atoms with E-state index in [4.69, 9.17) is 14.2 Å². The van der Waals surface area contributed by atoms with E-state index >= 15 is 0 Å². The molecule has 1 aliphatic rings. The number of benzene rings is 1. The first-order valence-corrected chi connectivity index (χ1v) is 19.2. The van der Waals surface area contributed by atoms with Crippen molar-refractivity contribution in [2.24, 2.45) is 10.8 Å². The fourth-order valence-corrected chi connectivity index (χ4v) is 6.81. The number of hydrogen-bond acceptors (Lipinski definition) is 5. The monoisotopic (exact) mass is 631 g/mol. The van der Waals surface area contributed by atoms with Crippen LogP contribution in [-0.2, 0) is 22.4 Å². The van der Waals surface area contributed by atoms with Crippen LogP contribution in [0.5, 0.6) is 5.75 Å². The van der Waals surface area contributed by atoms with Crippen LogP contribution < -0.4 is 4.74 Å². The molecule has 2 heterocycles. The second-order valence-electron chi connectivity index (χ2n) is 14.4. The summed E-state index contributed by atoms with van der Waals surface area (Å²) in [4.78, 5) is 8.86. The lowest BCUT2D eigenvalue weighted by atomic mass is 9.59. The Morgan fingerprint density at radius 2 is 1.61 bits per heavy atom. The normalized spacial score (nSPS) is 19.8. The van der Waals surface area contributed by atoms with Crippen LogP contribution in [0.4, 0.5) is 13.2 Å². The molecule has 0 saturated heterocycles. The molecule has 0 radical (unpaired) electrons. The lowest BCUT2D eigenvalue weighted by Gasteiger charge is -2.48. The minimum absolute atomic E-state index is 0.0817. The Balaban J connectivity index is 1.45. The van der Waals surface area contributed by atoms with Gasteiger partial charge in [0.15, 0.2) is 0 Å². The Morgan fingerprint density at radius 1 is 0.977 bits per heavy atom. The minimum Gasteiger partial charge on any atom is -0.490 e. The van der Waals surface area contributed by atoms with Gasteiger partial charge in [0.25, 0.3) is 0 Å². The van der Waals surface area contributed by atoms with E-state index in [0.717, 1.165) is 54.2 Å². The molecule has 0 amide bonds. The van der Waals surface area contributed by atoms with Crippen molar-refractivity contribution in [2.75, 3.05) is 20.3 Å². The van der Waals surface area contributed by atoms with E-state index in [1.54, 1.807) is 19.4 Å². The molecule has 2 aromatic heterocycles. The molecule has 4 rings (SSSR count). The second kappa shape index (κ2) is 13.3. The summed E-state index contributed by atoms with van der Waals surface area (Å²) in [6.45, 7) is 15.8. The molecule has 242 valence electrons. The van der Waals surface area contributed by atoms with Gasteiger partial charge in [-0.1, -0.05) is 40.4 Å². The van der Waals surface area contributed by atoms with Gasteiger partial charge in [-0.25, -0.2) is 4.98 Å². The first-order valence-electron chi connectivity index (χ1n) is 15.5. The highest BCUT2D eigenvalue weighted by Gasteiger charge is 2.45. The second-order valence-corrected chi connectivity index (χ2v) is 20.0. The quantitative estimate of drug-likeness (QED) is 0.156. The molecule has 10 heteroatoms. The summed E-state index contributed by atoms with van der Waals surface area (Å²) in [5.41, 5.74) is 1.56. The van der Waals surface area contributed by atoms with Gasteiger partial charge in [-0.3, -0.25) is 9.55 Å². The number of rotatable bonds is 11. The summed E-state index contributed by atoms with van der Waals surface area (Å²) < 4.78 is 60.7. The van der Waals surface area contributed by atoms with Gasteiger partial charge < -0.3 is 14.2 Å². The summed E-state index contributed by atoms with van der Waals surface area (Å²) in [7, 11) is 0.403. The number of nitrogens with zero attached hydrogens (tertiary/aromatic N) is 3. The Hall–Kier alpha value is -2.69. The third-order valence-corrected chi connectivity index (χ3v) is 10.7. The van der Waals surface area contributed by atoms with Crippen molar-refractivity contribution in [2.45, 2.75) is 98.1 Å². The number of aryl methyl sites for hydroxylation is 1. The molecule has 0 aliphatic heterocycles. The van der Waals surface area contributed by atoms with Crippen molar-refractivity contribution >= 4 is 8.07 Å². The van der Waals surface area contributed by atoms with Crippen molar-refractivity contribution in [1.82, 2.24) is 14.5 Å². The predicted octanol–water partition coefficient (Wildman–Crippen LogP) is 9.25. The third-order valence-electron chi connectivity index (χ3n) is 9.00. The first-order chi connectivity index (χ1) is 20.5. The van der Waals surface area contributed by atoms with Gasteiger partial charge in [0.05, 0.1) is 24.1 Å². The molecule has 1 fully saturated rings. The van der Waals surface area contributed by atoms with Crippen LogP contribution >= 0.6 is 0 Å². The fraction of sp³-hybridized carbons (Fsp3) is 0.588. The zero-order valence-corrected chi connectivity index (χ0v) is 28.5. The summed E-state index contributed by atoms with van der Waals surface area (Å²) in [6, 6.07) is 12.3. The minimum atomic E-state index is -4.55. The predicted molar refractivity (Wildman–Crippen MR) is 171 cm³/mol. The average molecular weight is 632 g/mol. The highest BCUT2D eigenvalue weighted by molar-refractivity contribution is 6.76. The highest BCUT2D eigenvalue weighted by Crippen LogP contribution is 2.50. The van der Waals surface area contributed by atoms with E-state index in [1.807, 2.05) is 30.3 Å². The zero-order valence-electron chi connectivity index (χ0n) is 27.5. The molecule has 0 N–H and O–H groups in total. The van der Waals surface area contributed by atoms with Crippen molar-refractivity contribution in [1.29, 1.82) is 0 Å². The van der Waals surface area contributed by atoms with Crippen molar-refractivity contribution in [3.8, 4) is 28.4 Å². The summed E-state index contributed by atoms with van der Waals surface area (Å²) >= 11 is 0. The van der Waals surface area contributed by atoms with Gasteiger partial charge >= 0.3 is 6.18 Å². The number of aromatic nitrogens is 3. The number of ether oxygens (including phenoxy) is 3. The molecule has 1 aliphatic carbocycles. The number of pyridine rings is 1. The van der Waals surface area contributed by atoms with E-state index in [9.17, 15) is 13.2 Å². The van der Waals surface area contributed by atoms with E-state index in [0.29, 0.717) is 17.9 Å². The van der Waals surface area contributed by atoms with Crippen LogP contribution in [0.1, 0.15) is 57.8 Å². The summed E-state index contributed by atoms with van der Waals surface area (Å²) in [5.74, 6) is 1.01. The Morgan fingerprint density at radius 3 is 2.14 bits per heavy atom. The number of halogens is 3. The summed E-state index contributed by atoms with van der Waals surface area (Å²) in [5, 5.41) is 0. The largest absolute Gasteiger partial charge is 0.490 e. The summed E-state index contributed by atoms with van der Waals surface area (Å²) in [6.07, 6.45) is 1.29. The Labute approximate surface area is 261 Å². The standard InChI is InChI=1S/C34H48F3N3O3Si/c1-24-30(34(35,36)37)40(23-42-19-20-44(6,7)8)31(39-24)26-11-14-29(38-21-26)25-9-12-27(13-10-25)43-28-15-17-33(18-16-28,22-41-5)32(2,3)4/h9-14,21,28H,15-20,22-23H2,1-8H3. The number of hydrogen-bond donors (Lipinski definition) is 0. The van der Waals surface area contributed by atoms with E-state index in [2.05, 4.69) is 50.4 Å². The van der Waals surface area contributed by atoms with Gasteiger partial charge in [0.2, 0.25) is 0 Å². The zero-order chi connectivity index (χ0) is 32.3. The Bertz CT molecular complexity index is 1370. The molecule has 0 bridgehead atoms. The lowest BCUT2D eigenvalue weighted by Crippen LogP contribution is -2.44. The number of methoxy groups -OCH3 is 1. The van der Waals surface area contributed by atoms with E-state index in [-0.39, 0.29) is 35.2 Å². The molecular weight excluding hydrogens is 583 g/mol. The van der Waals surface area contributed by atoms with Crippen LogP contribution in [0, 0.1) is 17.8 Å². The molecule has 3 aromatic rings. The maximum Gasteiger partial charge on any atom is 0.433 e. The number of imidazole rings is 1. The maximum atomic E-state index is 14.0. The molecule has 6 nitrogen and oxygen atoms in total. The van der Waals surface area contributed by atoms with Crippen LogP contribution in [0.2, 0.25) is 25.7 Å². The molecule has 0 spiro atoms. The van der Waals surface area contributed by atoms with Gasteiger partial charge in [0, 0.05) is 39.1 Å². The smallest absolute Gasteiger partial charge is 0.433 e. The van der Waals surface area contributed by atoms with E-state index in [1.165, 1.54) is 6.92 Å². The molecule has 1 saturated carbocycles. The van der Waals surface area contributed by atoms with Crippen molar-refractivity contribution in [3.05, 3.63) is 54.0 Å². The van der Waals surface area contributed by atoms with Crippen LogP contribution in [0.3, 0.4) is 0 Å². The SMILES string of the molecule is COCC1(C(C)(C)C)CCC(Oc2ccc(-c3ccc(-c4nc(C)c(C(F)(F)F)n4COCC[Si](C)(C)C)cn3)cc2)CC1. The fourth-order valence-electron chi connectivity index (χ4n) is 6.05. The maximum absolute atomic E-state index is 14.0. The van der Waals surface area contributed by atoms with Gasteiger partial charge in [0.1, 0.15) is 24.0 Å². The van der Waals surface area contributed by atoms with Gasteiger partial charge in [-0.15, -0.1) is 0 Å². The first kappa shape index (κ1) is 34.2. The molecule has 1 aromatic carbocycles. The third kappa shape index (κ3) is 8.12. The van der Waals surface area contributed by atoms with E-state index < -0.39 is 19.9 Å². The van der Waals surface area contributed by atoms with Gasteiger partial charge in [-0.05, 0) is 85.9 Å². The van der Waals surface area contributed by atoms with Crippen molar-refractivity contribution < 1.29 is 27.4 Å². The van der Waals surface area contributed by atoms with Crippen molar-refractivity contribution in [3.63, 3.8) is 0 Å². The highest BCUT2D eigenvalue weighted by atomic mass is 28.3. The molecular formula is C34H48F3N3O3Si. The van der Waals surface area contributed by atoms with Crippen LogP contribution in [0.25, 0.3) is 22.6 Å². The number of alkyl halides is 3. The van der Waals surface area contributed by atoms with Gasteiger partial charge in [-0.2, -0.15) is 13.2 Å². The average Bonchev–Trinajstić information content (AvgIpc) is 3.28.